The number of ether oxygens (including phenoxy) is 1. The number of anilines is 1. The van der Waals surface area contributed by atoms with Gasteiger partial charge in [-0.15, -0.1) is 0 Å². The largest absolute Gasteiger partial charge is 0.379 e. The van der Waals surface area contributed by atoms with Crippen LogP contribution < -0.4 is 16.4 Å². The maximum atomic E-state index is 12.3. The van der Waals surface area contributed by atoms with Gasteiger partial charge in [0.1, 0.15) is 0 Å². The van der Waals surface area contributed by atoms with Crippen molar-refractivity contribution in [3.63, 3.8) is 0 Å². The van der Waals surface area contributed by atoms with E-state index in [0.29, 0.717) is 19.6 Å². The molecule has 0 aromatic heterocycles. The lowest BCUT2D eigenvalue weighted by Gasteiger charge is -2.24. The average molecular weight is 319 g/mol. The standard InChI is InChI=1S/C17H25N3O3/c1-11(2)15-10-23-8-7-16(21)19-13-5-3-12(4-6-13)9-14(18)17(22)20-15/h3-6,11,14-15H,7-10,18H2,1-2H3,(H,19,21)(H,20,22)/t14-,15?/m1/s1. The van der Waals surface area contributed by atoms with E-state index in [-0.39, 0.29) is 30.2 Å². The van der Waals surface area contributed by atoms with Gasteiger partial charge in [-0.3, -0.25) is 9.59 Å². The Labute approximate surface area is 136 Å². The van der Waals surface area contributed by atoms with E-state index in [4.69, 9.17) is 10.5 Å². The Balaban J connectivity index is 2.14. The van der Waals surface area contributed by atoms with Crippen LogP contribution >= 0.6 is 0 Å². The number of carbonyl (C=O) groups is 2. The Morgan fingerprint density at radius 3 is 2.57 bits per heavy atom. The Bertz CT molecular complexity index is 543. The van der Waals surface area contributed by atoms with Crippen LogP contribution in [-0.4, -0.2) is 37.1 Å². The molecule has 2 amide bonds. The first kappa shape index (κ1) is 17.4. The predicted octanol–water partition coefficient (Wildman–Crippen LogP) is 1.06. The molecule has 0 aliphatic carbocycles. The Morgan fingerprint density at radius 1 is 1.22 bits per heavy atom. The average Bonchev–Trinajstić information content (AvgIpc) is 2.51. The zero-order valence-corrected chi connectivity index (χ0v) is 13.7. The van der Waals surface area contributed by atoms with Crippen LogP contribution in [0.5, 0.6) is 0 Å². The summed E-state index contributed by atoms with van der Waals surface area (Å²) in [6, 6.07) is 6.65. The summed E-state index contributed by atoms with van der Waals surface area (Å²) >= 11 is 0. The first-order valence-corrected chi connectivity index (χ1v) is 7.98. The summed E-state index contributed by atoms with van der Waals surface area (Å²) in [4.78, 5) is 24.1. The zero-order valence-electron chi connectivity index (χ0n) is 13.7. The van der Waals surface area contributed by atoms with Crippen LogP contribution in [0.15, 0.2) is 24.3 Å². The van der Waals surface area contributed by atoms with E-state index in [1.54, 1.807) is 0 Å². The number of hydrogen-bond donors (Lipinski definition) is 3. The molecule has 0 radical (unpaired) electrons. The molecule has 0 saturated carbocycles. The number of amides is 2. The normalized spacial score (nSPS) is 23.8. The number of rotatable bonds is 1. The molecule has 0 fully saturated rings. The predicted molar refractivity (Wildman–Crippen MR) is 89.0 cm³/mol. The van der Waals surface area contributed by atoms with Gasteiger partial charge in [0.25, 0.3) is 0 Å². The van der Waals surface area contributed by atoms with Crippen molar-refractivity contribution in [1.82, 2.24) is 5.32 Å². The molecule has 6 nitrogen and oxygen atoms in total. The molecule has 1 unspecified atom stereocenters. The number of fused-ring (bicyclic) bond motifs is 12. The minimum absolute atomic E-state index is 0.0885. The van der Waals surface area contributed by atoms with E-state index in [2.05, 4.69) is 10.6 Å². The highest BCUT2D eigenvalue weighted by Crippen LogP contribution is 2.12. The maximum Gasteiger partial charge on any atom is 0.237 e. The number of carbonyl (C=O) groups excluding carboxylic acids is 2. The molecule has 23 heavy (non-hydrogen) atoms. The summed E-state index contributed by atoms with van der Waals surface area (Å²) in [5.74, 6) is -0.0515. The lowest BCUT2D eigenvalue weighted by Crippen LogP contribution is -2.49. The molecular weight excluding hydrogens is 294 g/mol. The van der Waals surface area contributed by atoms with Crippen LogP contribution in [0, 0.1) is 5.92 Å². The summed E-state index contributed by atoms with van der Waals surface area (Å²) in [5.41, 5.74) is 7.69. The first-order valence-electron chi connectivity index (χ1n) is 7.98. The summed E-state index contributed by atoms with van der Waals surface area (Å²) in [7, 11) is 0. The third-order valence-electron chi connectivity index (χ3n) is 3.93. The van der Waals surface area contributed by atoms with Crippen LogP contribution in [0.4, 0.5) is 5.69 Å². The van der Waals surface area contributed by atoms with Gasteiger partial charge in [-0.1, -0.05) is 26.0 Å². The van der Waals surface area contributed by atoms with Crippen molar-refractivity contribution < 1.29 is 14.3 Å². The Morgan fingerprint density at radius 2 is 1.91 bits per heavy atom. The van der Waals surface area contributed by atoms with E-state index in [1.807, 2.05) is 38.1 Å². The summed E-state index contributed by atoms with van der Waals surface area (Å²) in [6.45, 7) is 4.71. The molecule has 2 aliphatic heterocycles. The van der Waals surface area contributed by atoms with E-state index in [1.165, 1.54) is 0 Å². The van der Waals surface area contributed by atoms with Crippen molar-refractivity contribution in [2.75, 3.05) is 18.5 Å². The molecule has 2 atom stereocenters. The summed E-state index contributed by atoms with van der Waals surface area (Å²) < 4.78 is 5.55. The number of benzene rings is 1. The number of nitrogens with one attached hydrogen (secondary N) is 2. The highest BCUT2D eigenvalue weighted by atomic mass is 16.5. The van der Waals surface area contributed by atoms with Crippen LogP contribution in [0.25, 0.3) is 0 Å². The van der Waals surface area contributed by atoms with Gasteiger partial charge in [-0.2, -0.15) is 0 Å². The molecule has 2 heterocycles. The first-order chi connectivity index (χ1) is 11.0. The molecule has 4 N–H and O–H groups in total. The van der Waals surface area contributed by atoms with Gasteiger partial charge in [0, 0.05) is 5.69 Å². The van der Waals surface area contributed by atoms with Gasteiger partial charge < -0.3 is 21.1 Å². The SMILES string of the molecule is CC(C)C1COCCC(=O)Nc2ccc(cc2)C[C@@H](N)C(=O)N1. The fourth-order valence-electron chi connectivity index (χ4n) is 2.36. The van der Waals surface area contributed by atoms with Crippen LogP contribution in [0.3, 0.4) is 0 Å². The lowest BCUT2D eigenvalue weighted by molar-refractivity contribution is -0.124. The van der Waals surface area contributed by atoms with Crippen molar-refractivity contribution in [2.24, 2.45) is 11.7 Å². The monoisotopic (exact) mass is 319 g/mol. The van der Waals surface area contributed by atoms with Crippen molar-refractivity contribution in [3.05, 3.63) is 29.8 Å². The lowest BCUT2D eigenvalue weighted by atomic mass is 10.0. The van der Waals surface area contributed by atoms with E-state index >= 15 is 0 Å². The van der Waals surface area contributed by atoms with Crippen LogP contribution in [0.1, 0.15) is 25.8 Å². The molecule has 2 bridgehead atoms. The number of hydrogen-bond acceptors (Lipinski definition) is 4. The Hall–Kier alpha value is -1.92. The minimum atomic E-state index is -0.609. The van der Waals surface area contributed by atoms with Gasteiger partial charge in [-0.25, -0.2) is 0 Å². The molecular formula is C17H25N3O3. The van der Waals surface area contributed by atoms with E-state index in [0.717, 1.165) is 11.3 Å². The van der Waals surface area contributed by atoms with Crippen molar-refractivity contribution in [1.29, 1.82) is 0 Å². The van der Waals surface area contributed by atoms with Gasteiger partial charge in [0.15, 0.2) is 0 Å². The van der Waals surface area contributed by atoms with Crippen molar-refractivity contribution in [2.45, 2.75) is 38.8 Å². The summed E-state index contributed by atoms with van der Waals surface area (Å²) in [5, 5.41) is 5.77. The molecule has 0 saturated heterocycles. The second-order valence-electron chi connectivity index (χ2n) is 6.24. The Kier molecular flexibility index (Phi) is 6.12. The molecule has 1 aromatic rings. The molecule has 3 rings (SSSR count). The fourth-order valence-corrected chi connectivity index (χ4v) is 2.36. The highest BCUT2D eigenvalue weighted by Gasteiger charge is 2.21. The maximum absolute atomic E-state index is 12.3. The van der Waals surface area contributed by atoms with Crippen LogP contribution in [-0.2, 0) is 20.7 Å². The smallest absolute Gasteiger partial charge is 0.237 e. The van der Waals surface area contributed by atoms with Crippen molar-refractivity contribution in [3.8, 4) is 0 Å². The van der Waals surface area contributed by atoms with Gasteiger partial charge >= 0.3 is 0 Å². The van der Waals surface area contributed by atoms with Crippen molar-refractivity contribution >= 4 is 17.5 Å². The van der Waals surface area contributed by atoms with E-state index < -0.39 is 6.04 Å². The van der Waals surface area contributed by atoms with Gasteiger partial charge in [0.2, 0.25) is 11.8 Å². The minimum Gasteiger partial charge on any atom is -0.379 e. The quantitative estimate of drug-likeness (QED) is 0.721. The molecule has 6 heteroatoms. The van der Waals surface area contributed by atoms with Gasteiger partial charge in [0.05, 0.1) is 31.7 Å². The zero-order chi connectivity index (χ0) is 16.8. The third-order valence-corrected chi connectivity index (χ3v) is 3.93. The summed E-state index contributed by atoms with van der Waals surface area (Å²) in [6.07, 6.45) is 0.728. The molecule has 2 aliphatic rings. The van der Waals surface area contributed by atoms with Crippen LogP contribution in [0.2, 0.25) is 0 Å². The molecule has 126 valence electrons. The highest BCUT2D eigenvalue weighted by molar-refractivity contribution is 5.90. The molecule has 1 aromatic carbocycles. The third kappa shape index (κ3) is 5.33. The van der Waals surface area contributed by atoms with Gasteiger partial charge in [-0.05, 0) is 30.0 Å². The molecule has 0 spiro atoms. The van der Waals surface area contributed by atoms with E-state index in [9.17, 15) is 9.59 Å². The topological polar surface area (TPSA) is 93.4 Å². The number of nitrogens with two attached hydrogens (primary N) is 1. The second-order valence-corrected chi connectivity index (χ2v) is 6.24. The second kappa shape index (κ2) is 8.08. The fraction of sp³-hybridized carbons (Fsp3) is 0.529.